The maximum atomic E-state index is 12.5. The van der Waals surface area contributed by atoms with Crippen molar-refractivity contribution in [3.63, 3.8) is 0 Å². The minimum absolute atomic E-state index is 0.130. The molecule has 1 heterocycles. The number of thioether (sulfide) groups is 2. The summed E-state index contributed by atoms with van der Waals surface area (Å²) < 4.78 is 1.99. The molecule has 8 heteroatoms. The lowest BCUT2D eigenvalue weighted by molar-refractivity contribution is -0.114. The summed E-state index contributed by atoms with van der Waals surface area (Å²) in [5, 5.41) is 5.90. The zero-order valence-corrected chi connectivity index (χ0v) is 22.8. The Morgan fingerprint density at radius 1 is 0.711 bits per heavy atom. The molecular weight excluding hydrogens is 531 g/mol. The molecule has 5 rings (SSSR count). The molecule has 0 saturated carbocycles. The Bertz CT molecular complexity index is 1470. The van der Waals surface area contributed by atoms with Gasteiger partial charge in [0, 0.05) is 11.4 Å². The fourth-order valence-electron chi connectivity index (χ4n) is 3.87. The molecule has 0 saturated heterocycles. The van der Waals surface area contributed by atoms with Crippen molar-refractivity contribution in [1.82, 2.24) is 4.98 Å². The molecule has 0 unspecified atom stereocenters. The average Bonchev–Trinajstić information content (AvgIpc) is 3.35. The number of hydrogen-bond acceptors (Lipinski definition) is 6. The summed E-state index contributed by atoms with van der Waals surface area (Å²) in [6.45, 7) is 0. The summed E-state index contributed by atoms with van der Waals surface area (Å²) in [6, 6.07) is 35.9. The largest absolute Gasteiger partial charge is 0.325 e. The summed E-state index contributed by atoms with van der Waals surface area (Å²) in [4.78, 5) is 29.4. The van der Waals surface area contributed by atoms with E-state index in [1.807, 2.05) is 60.7 Å². The van der Waals surface area contributed by atoms with Crippen LogP contribution in [0.3, 0.4) is 0 Å². The van der Waals surface area contributed by atoms with Gasteiger partial charge in [0.2, 0.25) is 11.8 Å². The van der Waals surface area contributed by atoms with E-state index >= 15 is 0 Å². The van der Waals surface area contributed by atoms with Crippen LogP contribution >= 0.6 is 34.9 Å². The Morgan fingerprint density at radius 3 is 1.87 bits per heavy atom. The Morgan fingerprint density at radius 2 is 1.26 bits per heavy atom. The lowest BCUT2D eigenvalue weighted by Gasteiger charge is -2.16. The predicted octanol–water partition coefficient (Wildman–Crippen LogP) is 7.49. The van der Waals surface area contributed by atoms with Gasteiger partial charge in [0.05, 0.1) is 27.0 Å². The molecule has 0 spiro atoms. The van der Waals surface area contributed by atoms with Crippen molar-refractivity contribution >= 4 is 68.3 Å². The topological polar surface area (TPSA) is 71.1 Å². The number of amides is 2. The van der Waals surface area contributed by atoms with E-state index in [0.29, 0.717) is 0 Å². The van der Waals surface area contributed by atoms with Crippen molar-refractivity contribution in [2.75, 3.05) is 22.1 Å². The van der Waals surface area contributed by atoms with Gasteiger partial charge in [-0.3, -0.25) is 9.59 Å². The lowest BCUT2D eigenvalue weighted by Crippen LogP contribution is -2.18. The van der Waals surface area contributed by atoms with E-state index < -0.39 is 0 Å². The van der Waals surface area contributed by atoms with Gasteiger partial charge in [-0.15, -0.1) is 23.1 Å². The van der Waals surface area contributed by atoms with Crippen molar-refractivity contribution in [1.29, 1.82) is 0 Å². The molecule has 1 aromatic heterocycles. The van der Waals surface area contributed by atoms with Gasteiger partial charge in [0.25, 0.3) is 0 Å². The Balaban J connectivity index is 1.20. The minimum atomic E-state index is -0.144. The number of carbonyl (C=O) groups is 2. The molecule has 5 nitrogen and oxygen atoms in total. The highest BCUT2D eigenvalue weighted by atomic mass is 32.2. The fourth-order valence-corrected chi connectivity index (χ4v) is 6.91. The highest BCUT2D eigenvalue weighted by molar-refractivity contribution is 8.01. The van der Waals surface area contributed by atoms with E-state index in [-0.39, 0.29) is 28.6 Å². The number of carbonyl (C=O) groups excluding carboxylic acids is 2. The molecule has 0 radical (unpaired) electrons. The molecule has 0 aliphatic rings. The third-order valence-electron chi connectivity index (χ3n) is 5.60. The van der Waals surface area contributed by atoms with E-state index in [1.165, 1.54) is 22.9 Å². The number of nitrogens with zero attached hydrogens (tertiary/aromatic N) is 1. The summed E-state index contributed by atoms with van der Waals surface area (Å²) in [6.07, 6.45) is 0. The first-order valence-electron chi connectivity index (χ1n) is 12.0. The summed E-state index contributed by atoms with van der Waals surface area (Å²) in [5.41, 5.74) is 4.83. The molecule has 38 heavy (non-hydrogen) atoms. The second-order valence-electron chi connectivity index (χ2n) is 8.44. The number of benzene rings is 4. The Hall–Kier alpha value is -3.59. The van der Waals surface area contributed by atoms with Crippen LogP contribution in [0.5, 0.6) is 0 Å². The smallest absolute Gasteiger partial charge is 0.234 e. The molecular formula is C30H25N3O2S3. The zero-order chi connectivity index (χ0) is 26.2. The monoisotopic (exact) mass is 555 g/mol. The third kappa shape index (κ3) is 7.04. The summed E-state index contributed by atoms with van der Waals surface area (Å²) >= 11 is 4.64. The van der Waals surface area contributed by atoms with E-state index in [9.17, 15) is 9.59 Å². The number of para-hydroxylation sites is 1. The number of hydrogen-bond donors (Lipinski definition) is 2. The maximum absolute atomic E-state index is 12.5. The molecule has 0 atom stereocenters. The molecule has 5 aromatic rings. The standard InChI is InChI=1S/C30H25N3O2S3/c34-27(31-23-14-8-3-9-15-23)19-36-20-28(35)32-24-16-17-25-26(18-24)37-30(33-25)38-29(21-10-4-1-5-11-21)22-12-6-2-7-13-22/h1-18,29H,19-20H2,(H,31,34)(H,32,35). The van der Waals surface area contributed by atoms with Crippen molar-refractivity contribution in [3.8, 4) is 0 Å². The number of fused-ring (bicyclic) bond motifs is 1. The normalized spacial score (nSPS) is 11.0. The molecule has 190 valence electrons. The van der Waals surface area contributed by atoms with Crippen LogP contribution in [0.15, 0.2) is 114 Å². The molecule has 2 N–H and O–H groups in total. The zero-order valence-electron chi connectivity index (χ0n) is 20.4. The molecule has 0 bridgehead atoms. The van der Waals surface area contributed by atoms with Crippen molar-refractivity contribution in [2.45, 2.75) is 9.59 Å². The highest BCUT2D eigenvalue weighted by Crippen LogP contribution is 2.43. The van der Waals surface area contributed by atoms with Crippen LogP contribution in [0.2, 0.25) is 0 Å². The van der Waals surface area contributed by atoms with Gasteiger partial charge in [-0.25, -0.2) is 4.98 Å². The Labute approximate surface area is 234 Å². The first-order chi connectivity index (χ1) is 18.6. The van der Waals surface area contributed by atoms with Crippen LogP contribution in [0.25, 0.3) is 10.2 Å². The number of aromatic nitrogens is 1. The van der Waals surface area contributed by atoms with Crippen molar-refractivity contribution < 1.29 is 9.59 Å². The lowest BCUT2D eigenvalue weighted by atomic mass is 10.0. The SMILES string of the molecule is O=C(CSCC(=O)Nc1ccc2nc(SC(c3ccccc3)c3ccccc3)sc2c1)Nc1ccccc1. The molecule has 4 aromatic carbocycles. The van der Waals surface area contributed by atoms with Gasteiger partial charge >= 0.3 is 0 Å². The quantitative estimate of drug-likeness (QED) is 0.175. The van der Waals surface area contributed by atoms with E-state index in [0.717, 1.165) is 25.9 Å². The maximum Gasteiger partial charge on any atom is 0.234 e. The number of thiazole rings is 1. The number of anilines is 2. The van der Waals surface area contributed by atoms with Gasteiger partial charge in [0.1, 0.15) is 0 Å². The van der Waals surface area contributed by atoms with Crippen LogP contribution in [0, 0.1) is 0 Å². The van der Waals surface area contributed by atoms with Crippen LogP contribution in [-0.2, 0) is 9.59 Å². The van der Waals surface area contributed by atoms with Crippen LogP contribution in [0.4, 0.5) is 11.4 Å². The average molecular weight is 556 g/mol. The second kappa shape index (κ2) is 12.8. The van der Waals surface area contributed by atoms with Gasteiger partial charge in [-0.1, -0.05) is 90.6 Å². The van der Waals surface area contributed by atoms with Gasteiger partial charge < -0.3 is 10.6 Å². The van der Waals surface area contributed by atoms with E-state index in [4.69, 9.17) is 4.98 Å². The number of nitrogens with one attached hydrogen (secondary N) is 2. The van der Waals surface area contributed by atoms with Gasteiger partial charge in [0.15, 0.2) is 4.34 Å². The van der Waals surface area contributed by atoms with E-state index in [2.05, 4.69) is 59.2 Å². The van der Waals surface area contributed by atoms with Crippen LogP contribution in [-0.4, -0.2) is 28.3 Å². The fraction of sp³-hybridized carbons (Fsp3) is 0.100. The highest BCUT2D eigenvalue weighted by Gasteiger charge is 2.18. The number of rotatable bonds is 10. The van der Waals surface area contributed by atoms with Crippen LogP contribution in [0.1, 0.15) is 16.4 Å². The first kappa shape index (κ1) is 26.0. The van der Waals surface area contributed by atoms with Crippen molar-refractivity contribution in [2.24, 2.45) is 0 Å². The minimum Gasteiger partial charge on any atom is -0.325 e. The third-order valence-corrected chi connectivity index (χ3v) is 8.96. The molecule has 0 fully saturated rings. The first-order valence-corrected chi connectivity index (χ1v) is 14.9. The molecule has 0 aliphatic heterocycles. The Kier molecular flexibility index (Phi) is 8.75. The van der Waals surface area contributed by atoms with Gasteiger partial charge in [-0.05, 0) is 41.5 Å². The van der Waals surface area contributed by atoms with E-state index in [1.54, 1.807) is 23.1 Å². The van der Waals surface area contributed by atoms with Crippen LogP contribution < -0.4 is 10.6 Å². The molecule has 0 aliphatic carbocycles. The van der Waals surface area contributed by atoms with Crippen molar-refractivity contribution in [3.05, 3.63) is 120 Å². The summed E-state index contributed by atoms with van der Waals surface area (Å²) in [7, 11) is 0. The summed E-state index contributed by atoms with van der Waals surface area (Å²) in [5.74, 6) is 0.129. The molecule has 2 amide bonds. The predicted molar refractivity (Wildman–Crippen MR) is 161 cm³/mol. The van der Waals surface area contributed by atoms with Gasteiger partial charge in [-0.2, -0.15) is 0 Å². The second-order valence-corrected chi connectivity index (χ2v) is 11.8.